The molecule has 0 atom stereocenters. The number of carboxylic acids is 1. The average Bonchev–Trinajstić information content (AvgIpc) is 3.01. The molecule has 2 aliphatic rings. The van der Waals surface area contributed by atoms with Gasteiger partial charge in [0.05, 0.1) is 6.26 Å². The van der Waals surface area contributed by atoms with E-state index in [0.717, 1.165) is 25.2 Å². The number of aromatic carboxylic acids is 1. The van der Waals surface area contributed by atoms with Gasteiger partial charge in [-0.1, -0.05) is 11.1 Å². The molecule has 1 heterocycles. The van der Waals surface area contributed by atoms with Gasteiger partial charge in [-0.25, -0.2) is 17.9 Å². The lowest BCUT2D eigenvalue weighted by Gasteiger charge is -2.29. The van der Waals surface area contributed by atoms with Gasteiger partial charge in [-0.2, -0.15) is 0 Å². The smallest absolute Gasteiger partial charge is 0.340 e. The number of carboxylic acid groups (broad SMARTS) is 1. The Morgan fingerprint density at radius 3 is 2.65 bits per heavy atom. The molecule has 2 saturated carbocycles. The van der Waals surface area contributed by atoms with Crippen LogP contribution in [0.25, 0.3) is 0 Å². The van der Waals surface area contributed by atoms with Crippen molar-refractivity contribution >= 4 is 16.0 Å². The van der Waals surface area contributed by atoms with Gasteiger partial charge in [-0.3, -0.25) is 0 Å². The van der Waals surface area contributed by atoms with Crippen molar-refractivity contribution in [2.75, 3.05) is 6.54 Å². The van der Waals surface area contributed by atoms with Gasteiger partial charge in [0.25, 0.3) is 10.0 Å². The second-order valence-corrected chi connectivity index (χ2v) is 6.93. The largest absolute Gasteiger partial charge is 0.478 e. The molecule has 108 valence electrons. The molecule has 2 N–H and O–H groups in total. The van der Waals surface area contributed by atoms with Crippen molar-refractivity contribution in [1.82, 2.24) is 4.72 Å². The van der Waals surface area contributed by atoms with Crippen LogP contribution in [-0.2, 0) is 10.0 Å². The van der Waals surface area contributed by atoms with E-state index in [1.807, 2.05) is 0 Å². The molecule has 0 aliphatic heterocycles. The lowest BCUT2D eigenvalue weighted by molar-refractivity contribution is 0.0689. The molecule has 0 aromatic carbocycles. The number of hydrogen-bond acceptors (Lipinski definition) is 4. The minimum atomic E-state index is -3.90. The molecule has 0 amide bonds. The highest BCUT2D eigenvalue weighted by atomic mass is 32.2. The molecule has 1 aromatic rings. The summed E-state index contributed by atoms with van der Waals surface area (Å²) in [5, 5.41) is 8.37. The highest BCUT2D eigenvalue weighted by molar-refractivity contribution is 7.89. The number of allylic oxidation sites excluding steroid dienone is 2. The lowest BCUT2D eigenvalue weighted by atomic mass is 9.79. The lowest BCUT2D eigenvalue weighted by Crippen LogP contribution is -2.33. The molecule has 0 unspecified atom stereocenters. The maximum atomic E-state index is 12.0. The van der Waals surface area contributed by atoms with Crippen LogP contribution >= 0.6 is 0 Å². The molecule has 0 saturated heterocycles. The number of sulfonamides is 1. The van der Waals surface area contributed by atoms with Crippen LogP contribution in [0, 0.1) is 5.92 Å². The van der Waals surface area contributed by atoms with E-state index in [2.05, 4.69) is 4.72 Å². The number of furan rings is 1. The van der Waals surface area contributed by atoms with Gasteiger partial charge >= 0.3 is 5.97 Å². The zero-order chi connectivity index (χ0) is 14.3. The highest BCUT2D eigenvalue weighted by Crippen LogP contribution is 2.43. The number of nitrogens with one attached hydrogen (secondary N) is 1. The summed E-state index contributed by atoms with van der Waals surface area (Å²) in [5.74, 6) is -1.01. The van der Waals surface area contributed by atoms with Crippen LogP contribution in [0.15, 0.2) is 33.0 Å². The summed E-state index contributed by atoms with van der Waals surface area (Å²) < 4.78 is 31.3. The normalized spacial score (nSPS) is 21.7. The summed E-state index contributed by atoms with van der Waals surface area (Å²) in [4.78, 5) is 10.9. The van der Waals surface area contributed by atoms with Gasteiger partial charge in [0.2, 0.25) is 5.09 Å². The molecule has 3 rings (SSSR count). The van der Waals surface area contributed by atoms with Crippen LogP contribution in [0.4, 0.5) is 0 Å². The van der Waals surface area contributed by atoms with Crippen molar-refractivity contribution in [3.05, 3.63) is 29.0 Å². The van der Waals surface area contributed by atoms with Gasteiger partial charge in [-0.05, 0) is 37.7 Å². The maximum Gasteiger partial charge on any atom is 0.340 e. The van der Waals surface area contributed by atoms with Crippen LogP contribution < -0.4 is 4.72 Å². The predicted octanol–water partition coefficient (Wildman–Crippen LogP) is 1.76. The highest BCUT2D eigenvalue weighted by Gasteiger charge is 2.32. The fraction of sp³-hybridized carbons (Fsp3) is 0.462. The van der Waals surface area contributed by atoms with Crippen LogP contribution in [0.3, 0.4) is 0 Å². The Bertz CT molecular complexity index is 671. The third-order valence-electron chi connectivity index (χ3n) is 3.74. The van der Waals surface area contributed by atoms with Crippen molar-refractivity contribution in [2.24, 2.45) is 5.92 Å². The van der Waals surface area contributed by atoms with E-state index in [4.69, 9.17) is 9.52 Å². The zero-order valence-electron chi connectivity index (χ0n) is 10.8. The third-order valence-corrected chi connectivity index (χ3v) is 5.09. The van der Waals surface area contributed by atoms with Gasteiger partial charge in [-0.15, -0.1) is 0 Å². The number of rotatable bonds is 5. The monoisotopic (exact) mass is 297 g/mol. The molecule has 0 radical (unpaired) electrons. The first kappa shape index (κ1) is 13.4. The van der Waals surface area contributed by atoms with Crippen molar-refractivity contribution in [1.29, 1.82) is 0 Å². The van der Waals surface area contributed by atoms with Crippen molar-refractivity contribution in [3.8, 4) is 0 Å². The molecular formula is C13H15NO5S. The Labute approximate surface area is 116 Å². The first-order valence-corrected chi connectivity index (χ1v) is 7.96. The van der Waals surface area contributed by atoms with Crippen LogP contribution in [0.2, 0.25) is 0 Å². The number of carbonyl (C=O) groups is 1. The van der Waals surface area contributed by atoms with E-state index in [9.17, 15) is 13.2 Å². The van der Waals surface area contributed by atoms with E-state index in [-0.39, 0.29) is 5.56 Å². The Morgan fingerprint density at radius 2 is 2.05 bits per heavy atom. The molecule has 0 bridgehead atoms. The van der Waals surface area contributed by atoms with Gasteiger partial charge in [0.15, 0.2) is 0 Å². The number of hydrogen-bond donors (Lipinski definition) is 2. The van der Waals surface area contributed by atoms with E-state index >= 15 is 0 Å². The summed E-state index contributed by atoms with van der Waals surface area (Å²) in [6, 6.07) is 1.13. The van der Waals surface area contributed by atoms with Gasteiger partial charge in [0, 0.05) is 6.54 Å². The van der Waals surface area contributed by atoms with E-state index in [1.54, 1.807) is 0 Å². The first-order chi connectivity index (χ1) is 9.47. The average molecular weight is 297 g/mol. The molecule has 7 heteroatoms. The summed E-state index contributed by atoms with van der Waals surface area (Å²) in [7, 11) is -3.90. The van der Waals surface area contributed by atoms with Gasteiger partial charge < -0.3 is 9.52 Å². The van der Waals surface area contributed by atoms with Crippen LogP contribution in [0.1, 0.15) is 36.0 Å². The SMILES string of the molecule is O=C(O)c1ccoc1S(=O)(=O)NCC1CC(=C2CC2)C1. The van der Waals surface area contributed by atoms with Gasteiger partial charge in [0.1, 0.15) is 5.56 Å². The topological polar surface area (TPSA) is 96.6 Å². The van der Waals surface area contributed by atoms with Crippen molar-refractivity contribution in [3.63, 3.8) is 0 Å². The molecule has 0 spiro atoms. The molecule has 20 heavy (non-hydrogen) atoms. The molecular weight excluding hydrogens is 282 g/mol. The Balaban J connectivity index is 1.63. The third kappa shape index (κ3) is 2.51. The fourth-order valence-corrected chi connectivity index (χ4v) is 3.65. The van der Waals surface area contributed by atoms with Crippen molar-refractivity contribution < 1.29 is 22.7 Å². The van der Waals surface area contributed by atoms with Crippen LogP contribution in [0.5, 0.6) is 0 Å². The quantitative estimate of drug-likeness (QED) is 0.807. The Kier molecular flexibility index (Phi) is 3.18. The summed E-state index contributed by atoms with van der Waals surface area (Å²) in [6.07, 6.45) is 5.35. The molecule has 1 aromatic heterocycles. The second-order valence-electron chi connectivity index (χ2n) is 5.26. The minimum Gasteiger partial charge on any atom is -0.478 e. The second kappa shape index (κ2) is 4.75. The molecule has 6 nitrogen and oxygen atoms in total. The first-order valence-electron chi connectivity index (χ1n) is 6.47. The summed E-state index contributed by atoms with van der Waals surface area (Å²) >= 11 is 0. The summed E-state index contributed by atoms with van der Waals surface area (Å²) in [5.41, 5.74) is 2.66. The van der Waals surface area contributed by atoms with E-state index in [0.29, 0.717) is 12.5 Å². The Hall–Kier alpha value is -1.60. The maximum absolute atomic E-state index is 12.0. The van der Waals surface area contributed by atoms with Crippen molar-refractivity contribution in [2.45, 2.75) is 30.8 Å². The van der Waals surface area contributed by atoms with Crippen LogP contribution in [-0.4, -0.2) is 26.0 Å². The fourth-order valence-electron chi connectivity index (χ4n) is 2.44. The molecule has 2 fully saturated rings. The summed E-state index contributed by atoms with van der Waals surface area (Å²) in [6.45, 7) is 0.318. The standard InChI is InChI=1S/C13H15NO5S/c15-12(16)11-3-4-19-13(11)20(17,18)14-7-8-5-10(6-8)9-1-2-9/h3-4,8,14H,1-2,5-7H2,(H,15,16). The minimum absolute atomic E-state index is 0.302. The zero-order valence-corrected chi connectivity index (χ0v) is 11.6. The van der Waals surface area contributed by atoms with E-state index < -0.39 is 21.1 Å². The Morgan fingerprint density at radius 1 is 1.35 bits per heavy atom. The van der Waals surface area contributed by atoms with E-state index in [1.165, 1.54) is 24.0 Å². The molecule has 2 aliphatic carbocycles. The predicted molar refractivity (Wildman–Crippen MR) is 69.8 cm³/mol.